The Kier molecular flexibility index (Phi) is 4.83. The highest BCUT2D eigenvalue weighted by Crippen LogP contribution is 2.33. The molecular formula is C14H28N2O. The van der Waals surface area contributed by atoms with Gasteiger partial charge in [-0.05, 0) is 26.3 Å². The summed E-state index contributed by atoms with van der Waals surface area (Å²) in [4.78, 5) is 2.56. The minimum atomic E-state index is 0.249. The van der Waals surface area contributed by atoms with E-state index >= 15 is 0 Å². The van der Waals surface area contributed by atoms with E-state index in [0.29, 0.717) is 6.04 Å². The zero-order valence-corrected chi connectivity index (χ0v) is 11.3. The molecule has 0 radical (unpaired) electrons. The third kappa shape index (κ3) is 3.01. The van der Waals surface area contributed by atoms with Gasteiger partial charge in [-0.25, -0.2) is 0 Å². The van der Waals surface area contributed by atoms with E-state index in [1.165, 1.54) is 51.4 Å². The van der Waals surface area contributed by atoms with Crippen molar-refractivity contribution >= 4 is 0 Å². The van der Waals surface area contributed by atoms with Gasteiger partial charge < -0.3 is 10.5 Å². The molecular weight excluding hydrogens is 212 g/mol. The first kappa shape index (κ1) is 13.3. The van der Waals surface area contributed by atoms with Gasteiger partial charge in [0.2, 0.25) is 0 Å². The van der Waals surface area contributed by atoms with Crippen LogP contribution in [0.1, 0.15) is 51.4 Å². The SMILES string of the molecule is CN(C1CCOC1)C1(CN)CCCCCCC1. The Morgan fingerprint density at radius 2 is 1.82 bits per heavy atom. The molecule has 0 amide bonds. The molecule has 2 rings (SSSR count). The van der Waals surface area contributed by atoms with Crippen molar-refractivity contribution in [3.63, 3.8) is 0 Å². The van der Waals surface area contributed by atoms with Crippen molar-refractivity contribution in [3.05, 3.63) is 0 Å². The van der Waals surface area contributed by atoms with Gasteiger partial charge in [-0.3, -0.25) is 4.90 Å². The maximum absolute atomic E-state index is 6.14. The zero-order chi connectivity index (χ0) is 12.1. The molecule has 3 nitrogen and oxygen atoms in total. The Morgan fingerprint density at radius 1 is 1.18 bits per heavy atom. The van der Waals surface area contributed by atoms with Crippen molar-refractivity contribution < 1.29 is 4.74 Å². The molecule has 1 saturated carbocycles. The smallest absolute Gasteiger partial charge is 0.0622 e. The lowest BCUT2D eigenvalue weighted by Crippen LogP contribution is -2.56. The Labute approximate surface area is 106 Å². The van der Waals surface area contributed by atoms with Crippen molar-refractivity contribution in [2.45, 2.75) is 62.9 Å². The molecule has 2 aliphatic rings. The summed E-state index contributed by atoms with van der Waals surface area (Å²) in [6.07, 6.45) is 10.6. The minimum absolute atomic E-state index is 0.249. The van der Waals surface area contributed by atoms with Crippen LogP contribution in [-0.2, 0) is 4.74 Å². The maximum atomic E-state index is 6.14. The first-order chi connectivity index (χ1) is 8.28. The topological polar surface area (TPSA) is 38.5 Å². The van der Waals surface area contributed by atoms with E-state index in [2.05, 4.69) is 11.9 Å². The normalized spacial score (nSPS) is 30.2. The fourth-order valence-corrected chi connectivity index (χ4v) is 3.48. The van der Waals surface area contributed by atoms with E-state index in [1.54, 1.807) is 0 Å². The third-order valence-corrected chi connectivity index (χ3v) is 4.87. The van der Waals surface area contributed by atoms with Crippen LogP contribution in [0.3, 0.4) is 0 Å². The third-order valence-electron chi connectivity index (χ3n) is 4.87. The summed E-state index contributed by atoms with van der Waals surface area (Å²) in [6.45, 7) is 2.63. The molecule has 0 bridgehead atoms. The summed E-state index contributed by atoms with van der Waals surface area (Å²) in [5.74, 6) is 0. The predicted octanol–water partition coefficient (Wildman–Crippen LogP) is 2.15. The van der Waals surface area contributed by atoms with Crippen molar-refractivity contribution in [2.75, 3.05) is 26.8 Å². The second-order valence-corrected chi connectivity index (χ2v) is 5.82. The van der Waals surface area contributed by atoms with Gasteiger partial charge in [0.25, 0.3) is 0 Å². The van der Waals surface area contributed by atoms with Crippen LogP contribution in [-0.4, -0.2) is 43.3 Å². The Balaban J connectivity index is 2.03. The van der Waals surface area contributed by atoms with E-state index in [4.69, 9.17) is 10.5 Å². The maximum Gasteiger partial charge on any atom is 0.0622 e. The van der Waals surface area contributed by atoms with Gasteiger partial charge in [0.15, 0.2) is 0 Å². The van der Waals surface area contributed by atoms with Gasteiger partial charge in [-0.1, -0.05) is 32.1 Å². The molecule has 1 aliphatic carbocycles. The lowest BCUT2D eigenvalue weighted by Gasteiger charge is -2.45. The van der Waals surface area contributed by atoms with Crippen molar-refractivity contribution in [2.24, 2.45) is 5.73 Å². The minimum Gasteiger partial charge on any atom is -0.380 e. The fraction of sp³-hybridized carbons (Fsp3) is 1.00. The molecule has 0 spiro atoms. The van der Waals surface area contributed by atoms with Crippen LogP contribution < -0.4 is 5.73 Å². The van der Waals surface area contributed by atoms with Gasteiger partial charge in [-0.15, -0.1) is 0 Å². The Morgan fingerprint density at radius 3 is 2.35 bits per heavy atom. The average molecular weight is 240 g/mol. The molecule has 2 N–H and O–H groups in total. The average Bonchev–Trinajstić information content (AvgIpc) is 2.82. The number of likely N-dealkylation sites (N-methyl/N-ethyl adjacent to an activating group) is 1. The monoisotopic (exact) mass is 240 g/mol. The summed E-state index contributed by atoms with van der Waals surface area (Å²) in [5.41, 5.74) is 6.39. The van der Waals surface area contributed by atoms with Crippen molar-refractivity contribution in [3.8, 4) is 0 Å². The number of nitrogens with zero attached hydrogens (tertiary/aromatic N) is 1. The van der Waals surface area contributed by atoms with Gasteiger partial charge >= 0.3 is 0 Å². The molecule has 0 aromatic rings. The van der Waals surface area contributed by atoms with Gasteiger partial charge in [0.1, 0.15) is 0 Å². The first-order valence-electron chi connectivity index (χ1n) is 7.29. The largest absolute Gasteiger partial charge is 0.380 e. The van der Waals surface area contributed by atoms with Gasteiger partial charge in [-0.2, -0.15) is 0 Å². The quantitative estimate of drug-likeness (QED) is 0.821. The highest BCUT2D eigenvalue weighted by Gasteiger charge is 2.37. The number of ether oxygens (including phenoxy) is 1. The van der Waals surface area contributed by atoms with E-state index in [1.807, 2.05) is 0 Å². The van der Waals surface area contributed by atoms with Crippen LogP contribution in [0.2, 0.25) is 0 Å². The fourth-order valence-electron chi connectivity index (χ4n) is 3.48. The molecule has 17 heavy (non-hydrogen) atoms. The number of nitrogens with two attached hydrogens (primary N) is 1. The molecule has 1 aliphatic heterocycles. The number of hydrogen-bond acceptors (Lipinski definition) is 3. The Bertz CT molecular complexity index is 218. The summed E-state index contributed by atoms with van der Waals surface area (Å²) >= 11 is 0. The molecule has 1 unspecified atom stereocenters. The highest BCUT2D eigenvalue weighted by molar-refractivity contribution is 4.94. The lowest BCUT2D eigenvalue weighted by atomic mass is 9.81. The Hall–Kier alpha value is -0.120. The number of hydrogen-bond donors (Lipinski definition) is 1. The second-order valence-electron chi connectivity index (χ2n) is 5.82. The molecule has 0 aromatic heterocycles. The molecule has 1 atom stereocenters. The van der Waals surface area contributed by atoms with Crippen LogP contribution in [0.5, 0.6) is 0 Å². The number of rotatable bonds is 3. The van der Waals surface area contributed by atoms with Crippen LogP contribution in [0.4, 0.5) is 0 Å². The molecule has 3 heteroatoms. The molecule has 2 fully saturated rings. The molecule has 100 valence electrons. The van der Waals surface area contributed by atoms with Crippen LogP contribution in [0.25, 0.3) is 0 Å². The van der Waals surface area contributed by atoms with Crippen molar-refractivity contribution in [1.29, 1.82) is 0 Å². The molecule has 1 saturated heterocycles. The predicted molar refractivity (Wildman–Crippen MR) is 71.1 cm³/mol. The summed E-state index contributed by atoms with van der Waals surface area (Å²) in [7, 11) is 2.27. The van der Waals surface area contributed by atoms with Crippen LogP contribution in [0.15, 0.2) is 0 Å². The summed E-state index contributed by atoms with van der Waals surface area (Å²) < 4.78 is 5.53. The van der Waals surface area contributed by atoms with E-state index < -0.39 is 0 Å². The van der Waals surface area contributed by atoms with E-state index in [0.717, 1.165) is 19.8 Å². The standard InChI is InChI=1S/C14H28N2O/c1-16(13-7-10-17-11-13)14(12-15)8-5-3-2-4-6-9-14/h13H,2-12,15H2,1H3. The van der Waals surface area contributed by atoms with Gasteiger partial charge in [0, 0.05) is 24.7 Å². The lowest BCUT2D eigenvalue weighted by molar-refractivity contribution is 0.0452. The van der Waals surface area contributed by atoms with Crippen LogP contribution >= 0.6 is 0 Å². The zero-order valence-electron chi connectivity index (χ0n) is 11.3. The van der Waals surface area contributed by atoms with Gasteiger partial charge in [0.05, 0.1) is 6.61 Å². The first-order valence-corrected chi connectivity index (χ1v) is 7.29. The van der Waals surface area contributed by atoms with E-state index in [9.17, 15) is 0 Å². The highest BCUT2D eigenvalue weighted by atomic mass is 16.5. The summed E-state index contributed by atoms with van der Waals surface area (Å²) in [5, 5.41) is 0. The van der Waals surface area contributed by atoms with E-state index in [-0.39, 0.29) is 5.54 Å². The second kappa shape index (κ2) is 6.17. The van der Waals surface area contributed by atoms with Crippen LogP contribution in [0, 0.1) is 0 Å². The summed E-state index contributed by atoms with van der Waals surface area (Å²) in [6, 6.07) is 0.595. The molecule has 1 heterocycles. The molecule has 0 aromatic carbocycles. The van der Waals surface area contributed by atoms with Crippen molar-refractivity contribution in [1.82, 2.24) is 4.90 Å².